The number of aliphatic imine (C=N–C) groups is 1. The fourth-order valence-corrected chi connectivity index (χ4v) is 9.58. The predicted molar refractivity (Wildman–Crippen MR) is 213 cm³/mol. The van der Waals surface area contributed by atoms with Gasteiger partial charge in [-0.2, -0.15) is 0 Å². The molecule has 3 aliphatic carbocycles. The van der Waals surface area contributed by atoms with Crippen LogP contribution in [0.4, 0.5) is 0 Å². The normalized spacial score (nSPS) is 21.4. The Labute approximate surface area is 305 Å². The van der Waals surface area contributed by atoms with Gasteiger partial charge in [-0.25, -0.2) is 15.0 Å². The SMILES string of the molecule is C/C1=C\C=C(\c2nc(-c3ccc(C(C)(C)C)cc3)nc(-c3ccc(C(C)(C)C)cc3)n2)C=NCc2cc3c(cc21)C1(CCCC1)CC31CCCC1. The highest BCUT2D eigenvalue weighted by atomic mass is 15.0. The fraction of sp³-hybridized carbons (Fsp3) is 0.447. The fourth-order valence-electron chi connectivity index (χ4n) is 9.58. The highest BCUT2D eigenvalue weighted by Crippen LogP contribution is 2.62. The molecular weight excluding hydrogens is 621 g/mol. The van der Waals surface area contributed by atoms with Gasteiger partial charge in [-0.3, -0.25) is 4.99 Å². The smallest absolute Gasteiger partial charge is 0.165 e. The Balaban J connectivity index is 1.21. The largest absolute Gasteiger partial charge is 0.288 e. The van der Waals surface area contributed by atoms with Crippen LogP contribution in [-0.2, 0) is 28.2 Å². The lowest BCUT2D eigenvalue weighted by atomic mass is 9.75. The van der Waals surface area contributed by atoms with Gasteiger partial charge >= 0.3 is 0 Å². The highest BCUT2D eigenvalue weighted by molar-refractivity contribution is 6.09. The van der Waals surface area contributed by atoms with E-state index in [-0.39, 0.29) is 10.8 Å². The van der Waals surface area contributed by atoms with E-state index in [0.29, 0.717) is 34.8 Å². The molecule has 4 aromatic rings. The average Bonchev–Trinajstić information content (AvgIpc) is 3.85. The molecule has 0 bridgehead atoms. The first-order valence-electron chi connectivity index (χ1n) is 19.4. The molecule has 2 saturated carbocycles. The van der Waals surface area contributed by atoms with Gasteiger partial charge in [-0.1, -0.05) is 134 Å². The van der Waals surface area contributed by atoms with Crippen LogP contribution >= 0.6 is 0 Å². The van der Waals surface area contributed by atoms with Crippen LogP contribution in [0.1, 0.15) is 145 Å². The highest BCUT2D eigenvalue weighted by Gasteiger charge is 2.53. The molecule has 4 aliphatic rings. The summed E-state index contributed by atoms with van der Waals surface area (Å²) in [5, 5.41) is 0. The third kappa shape index (κ3) is 6.23. The van der Waals surface area contributed by atoms with Crippen molar-refractivity contribution in [1.82, 2.24) is 15.0 Å². The van der Waals surface area contributed by atoms with Gasteiger partial charge in [-0.05, 0) is 106 Å². The number of aromatic nitrogens is 3. The Hall–Kier alpha value is -4.18. The summed E-state index contributed by atoms with van der Waals surface area (Å²) in [7, 11) is 0. The van der Waals surface area contributed by atoms with Crippen molar-refractivity contribution < 1.29 is 0 Å². The minimum Gasteiger partial charge on any atom is -0.288 e. The zero-order valence-electron chi connectivity index (χ0n) is 31.9. The lowest BCUT2D eigenvalue weighted by Gasteiger charge is -2.29. The molecule has 51 heavy (non-hydrogen) atoms. The van der Waals surface area contributed by atoms with Crippen molar-refractivity contribution in [2.75, 3.05) is 0 Å². The molecule has 4 heteroatoms. The summed E-state index contributed by atoms with van der Waals surface area (Å²) < 4.78 is 0. The van der Waals surface area contributed by atoms with Gasteiger partial charge in [0.25, 0.3) is 0 Å². The van der Waals surface area contributed by atoms with E-state index < -0.39 is 0 Å². The lowest BCUT2D eigenvalue weighted by Crippen LogP contribution is -2.24. The second-order valence-corrected chi connectivity index (χ2v) is 18.1. The third-order valence-corrected chi connectivity index (χ3v) is 12.5. The minimum atomic E-state index is 0.0681. The van der Waals surface area contributed by atoms with Crippen LogP contribution in [-0.4, -0.2) is 21.2 Å². The van der Waals surface area contributed by atoms with Crippen molar-refractivity contribution >= 4 is 17.4 Å². The van der Waals surface area contributed by atoms with Crippen LogP contribution in [0.3, 0.4) is 0 Å². The predicted octanol–water partition coefficient (Wildman–Crippen LogP) is 11.9. The van der Waals surface area contributed by atoms with Crippen LogP contribution in [0.5, 0.6) is 0 Å². The first-order chi connectivity index (χ1) is 24.3. The van der Waals surface area contributed by atoms with Crippen molar-refractivity contribution in [2.24, 2.45) is 4.99 Å². The van der Waals surface area contributed by atoms with E-state index in [1.807, 2.05) is 6.21 Å². The van der Waals surface area contributed by atoms with E-state index in [4.69, 9.17) is 19.9 Å². The van der Waals surface area contributed by atoms with Gasteiger partial charge in [0.2, 0.25) is 0 Å². The zero-order chi connectivity index (χ0) is 35.6. The second-order valence-electron chi connectivity index (χ2n) is 18.1. The maximum absolute atomic E-state index is 5.11. The molecular formula is C47H54N4. The molecule has 8 rings (SSSR count). The van der Waals surface area contributed by atoms with Crippen LogP contribution in [0.15, 0.2) is 77.8 Å². The van der Waals surface area contributed by atoms with E-state index in [1.165, 1.54) is 85.6 Å². The number of hydrogen-bond donors (Lipinski definition) is 0. The number of hydrogen-bond acceptors (Lipinski definition) is 4. The van der Waals surface area contributed by atoms with E-state index in [1.54, 1.807) is 11.1 Å². The maximum Gasteiger partial charge on any atom is 0.165 e. The molecule has 1 aromatic heterocycles. The van der Waals surface area contributed by atoms with Gasteiger partial charge in [0.15, 0.2) is 17.5 Å². The van der Waals surface area contributed by atoms with Crippen molar-refractivity contribution in [3.8, 4) is 22.8 Å². The van der Waals surface area contributed by atoms with Gasteiger partial charge in [0, 0.05) is 22.9 Å². The Kier molecular flexibility index (Phi) is 8.32. The van der Waals surface area contributed by atoms with E-state index in [0.717, 1.165) is 16.7 Å². The first kappa shape index (κ1) is 33.9. The summed E-state index contributed by atoms with van der Waals surface area (Å²) in [6.07, 6.45) is 18.7. The van der Waals surface area contributed by atoms with Crippen LogP contribution in [0.25, 0.3) is 33.9 Å². The zero-order valence-corrected chi connectivity index (χ0v) is 31.9. The topological polar surface area (TPSA) is 51.0 Å². The van der Waals surface area contributed by atoms with E-state index in [2.05, 4.69) is 121 Å². The monoisotopic (exact) mass is 674 g/mol. The lowest BCUT2D eigenvalue weighted by molar-refractivity contribution is 0.323. The van der Waals surface area contributed by atoms with Gasteiger partial charge in [-0.15, -0.1) is 0 Å². The molecule has 3 aromatic carbocycles. The number of rotatable bonds is 3. The molecule has 2 heterocycles. The second kappa shape index (κ2) is 12.5. The Morgan fingerprint density at radius 2 is 1.04 bits per heavy atom. The van der Waals surface area contributed by atoms with Crippen molar-refractivity contribution in [1.29, 1.82) is 0 Å². The van der Waals surface area contributed by atoms with Gasteiger partial charge in [0.05, 0.1) is 6.54 Å². The summed E-state index contributed by atoms with van der Waals surface area (Å²) in [4.78, 5) is 20.4. The van der Waals surface area contributed by atoms with E-state index in [9.17, 15) is 0 Å². The maximum atomic E-state index is 5.11. The van der Waals surface area contributed by atoms with Gasteiger partial charge < -0.3 is 0 Å². The quantitative estimate of drug-likeness (QED) is 0.217. The minimum absolute atomic E-state index is 0.0681. The van der Waals surface area contributed by atoms with Crippen LogP contribution in [0.2, 0.25) is 0 Å². The average molecular weight is 675 g/mol. The molecule has 0 radical (unpaired) electrons. The Morgan fingerprint density at radius 3 is 1.53 bits per heavy atom. The first-order valence-corrected chi connectivity index (χ1v) is 19.4. The number of fused-ring (bicyclic) bond motifs is 4. The van der Waals surface area contributed by atoms with Crippen molar-refractivity contribution in [2.45, 2.75) is 134 Å². The standard InChI is InChI=1S/C47H54N4/c1-31-12-13-34(28-48-29-35-26-39-40(27-38(31)35)47(24-10-11-25-47)30-46(39)22-8-9-23-46)43-50-41(32-14-18-36(19-15-32)44(2,3)4)49-42(51-43)33-16-20-37(21-17-33)45(5,6)7/h12-21,26-28H,8-11,22-25,29-30H2,1-7H3/b31-12+,34-13+,48-28?. The molecule has 0 atom stereocenters. The molecule has 0 saturated heterocycles. The Morgan fingerprint density at radius 1 is 0.569 bits per heavy atom. The number of allylic oxidation sites excluding steroid dienone is 4. The molecule has 1 aliphatic heterocycles. The summed E-state index contributed by atoms with van der Waals surface area (Å²) in [6.45, 7) is 16.4. The third-order valence-electron chi connectivity index (χ3n) is 12.5. The molecule has 0 unspecified atom stereocenters. The van der Waals surface area contributed by atoms with Crippen LogP contribution < -0.4 is 0 Å². The van der Waals surface area contributed by atoms with E-state index >= 15 is 0 Å². The molecule has 262 valence electrons. The summed E-state index contributed by atoms with van der Waals surface area (Å²) in [5.41, 5.74) is 13.7. The van der Waals surface area contributed by atoms with Crippen molar-refractivity contribution in [3.63, 3.8) is 0 Å². The summed E-state index contributed by atoms with van der Waals surface area (Å²) in [5.74, 6) is 1.99. The van der Waals surface area contributed by atoms with Crippen LogP contribution in [0, 0.1) is 0 Å². The molecule has 0 N–H and O–H groups in total. The molecule has 0 amide bonds. The Bertz CT molecular complexity index is 1980. The molecule has 4 nitrogen and oxygen atoms in total. The summed E-state index contributed by atoms with van der Waals surface area (Å²) in [6, 6.07) is 22.6. The summed E-state index contributed by atoms with van der Waals surface area (Å²) >= 11 is 0. The number of nitrogens with zero attached hydrogens (tertiary/aromatic N) is 4. The van der Waals surface area contributed by atoms with Crippen molar-refractivity contribution in [3.05, 3.63) is 112 Å². The van der Waals surface area contributed by atoms with Gasteiger partial charge in [0.1, 0.15) is 0 Å². The molecule has 2 spiro atoms. The molecule has 2 fully saturated rings. The number of benzene rings is 3.